The number of anilines is 1. The number of benzene rings is 1. The second-order valence-corrected chi connectivity index (χ2v) is 3.79. The smallest absolute Gasteiger partial charge is 0.130 e. The summed E-state index contributed by atoms with van der Waals surface area (Å²) in [4.78, 5) is 4.38. The molecule has 1 aromatic carbocycles. The zero-order valence-electron chi connectivity index (χ0n) is 8.45. The Morgan fingerprint density at radius 3 is 3.33 bits per heavy atom. The van der Waals surface area contributed by atoms with E-state index in [4.69, 9.17) is 10.5 Å². The average Bonchev–Trinajstić information content (AvgIpc) is 2.62. The molecule has 2 aromatic rings. The molecule has 1 aromatic heterocycles. The van der Waals surface area contributed by atoms with Gasteiger partial charge in [0.15, 0.2) is 0 Å². The first-order chi connectivity index (χ1) is 7.27. The summed E-state index contributed by atoms with van der Waals surface area (Å²) in [5.41, 5.74) is 9.06. The highest BCUT2D eigenvalue weighted by Gasteiger charge is 2.24. The van der Waals surface area contributed by atoms with E-state index in [1.165, 1.54) is 5.56 Å². The van der Waals surface area contributed by atoms with E-state index in [1.54, 1.807) is 0 Å². The molecule has 1 atom stereocenters. The van der Waals surface area contributed by atoms with Crippen molar-refractivity contribution in [2.45, 2.75) is 19.6 Å². The van der Waals surface area contributed by atoms with Crippen molar-refractivity contribution in [2.24, 2.45) is 0 Å². The third-order valence-corrected chi connectivity index (χ3v) is 2.89. The standard InChI is InChI=1S/C12H11N2O/c1-7-11-9(6-15-7)8-4-2-3-5-10(8)14-12(11)13/h3-5,7H,6H2,1H3,(H2,13,14)/t7-/m1/s1. The van der Waals surface area contributed by atoms with E-state index in [1.807, 2.05) is 25.1 Å². The van der Waals surface area contributed by atoms with Gasteiger partial charge in [-0.2, -0.15) is 0 Å². The van der Waals surface area contributed by atoms with Crippen molar-refractivity contribution in [3.05, 3.63) is 35.4 Å². The maximum absolute atomic E-state index is 5.93. The molecule has 0 saturated heterocycles. The summed E-state index contributed by atoms with van der Waals surface area (Å²) < 4.78 is 5.58. The van der Waals surface area contributed by atoms with Gasteiger partial charge >= 0.3 is 0 Å². The molecule has 0 amide bonds. The second kappa shape index (κ2) is 2.94. The molecule has 2 N–H and O–H groups in total. The molecule has 3 heteroatoms. The predicted molar refractivity (Wildman–Crippen MR) is 58.2 cm³/mol. The Balaban J connectivity index is 2.43. The minimum absolute atomic E-state index is 0.0529. The van der Waals surface area contributed by atoms with Gasteiger partial charge in [-0.3, -0.25) is 0 Å². The van der Waals surface area contributed by atoms with Crippen molar-refractivity contribution < 1.29 is 4.74 Å². The van der Waals surface area contributed by atoms with E-state index < -0.39 is 0 Å². The van der Waals surface area contributed by atoms with E-state index in [-0.39, 0.29) is 6.10 Å². The first kappa shape index (κ1) is 8.68. The Hall–Kier alpha value is -1.61. The van der Waals surface area contributed by atoms with Gasteiger partial charge in [0, 0.05) is 10.9 Å². The van der Waals surface area contributed by atoms with Crippen LogP contribution in [0.1, 0.15) is 24.2 Å². The molecule has 0 fully saturated rings. The molecular formula is C12H11N2O. The lowest BCUT2D eigenvalue weighted by molar-refractivity contribution is 0.0801. The maximum atomic E-state index is 5.93. The van der Waals surface area contributed by atoms with Crippen LogP contribution in [-0.4, -0.2) is 4.98 Å². The minimum Gasteiger partial charge on any atom is -0.383 e. The molecule has 1 radical (unpaired) electrons. The molecular weight excluding hydrogens is 188 g/mol. The maximum Gasteiger partial charge on any atom is 0.130 e. The third-order valence-electron chi connectivity index (χ3n) is 2.89. The SMILES string of the molecule is C[C@H]1OCc2c1c(N)nc1cc[c]cc21. The van der Waals surface area contributed by atoms with Crippen LogP contribution in [0.2, 0.25) is 0 Å². The molecule has 15 heavy (non-hydrogen) atoms. The fraction of sp³-hybridized carbons (Fsp3) is 0.250. The number of nitrogen functional groups attached to an aromatic ring is 1. The number of rotatable bonds is 0. The van der Waals surface area contributed by atoms with Crippen LogP contribution in [0.25, 0.3) is 10.9 Å². The topological polar surface area (TPSA) is 48.1 Å². The van der Waals surface area contributed by atoms with E-state index in [9.17, 15) is 0 Å². The molecule has 1 aliphatic heterocycles. The van der Waals surface area contributed by atoms with Crippen molar-refractivity contribution in [1.82, 2.24) is 4.98 Å². The summed E-state index contributed by atoms with van der Waals surface area (Å²) >= 11 is 0. The van der Waals surface area contributed by atoms with E-state index in [0.29, 0.717) is 12.4 Å². The first-order valence-corrected chi connectivity index (χ1v) is 4.97. The Morgan fingerprint density at radius 1 is 1.60 bits per heavy atom. The molecule has 0 aliphatic carbocycles. The van der Waals surface area contributed by atoms with Crippen LogP contribution in [-0.2, 0) is 11.3 Å². The van der Waals surface area contributed by atoms with E-state index in [0.717, 1.165) is 16.5 Å². The summed E-state index contributed by atoms with van der Waals surface area (Å²) in [6.45, 7) is 2.62. The lowest BCUT2D eigenvalue weighted by Gasteiger charge is -2.08. The van der Waals surface area contributed by atoms with Crippen molar-refractivity contribution >= 4 is 16.7 Å². The van der Waals surface area contributed by atoms with Gasteiger partial charge in [-0.05, 0) is 30.7 Å². The Morgan fingerprint density at radius 2 is 2.47 bits per heavy atom. The number of pyridine rings is 1. The van der Waals surface area contributed by atoms with Gasteiger partial charge < -0.3 is 10.5 Å². The molecule has 3 nitrogen and oxygen atoms in total. The zero-order chi connectivity index (χ0) is 10.4. The monoisotopic (exact) mass is 199 g/mol. The molecule has 0 saturated carbocycles. The number of fused-ring (bicyclic) bond motifs is 3. The van der Waals surface area contributed by atoms with Crippen molar-refractivity contribution in [3.8, 4) is 0 Å². The molecule has 0 spiro atoms. The third kappa shape index (κ3) is 1.13. The van der Waals surface area contributed by atoms with Crippen LogP contribution >= 0.6 is 0 Å². The van der Waals surface area contributed by atoms with Crippen LogP contribution in [0.4, 0.5) is 5.82 Å². The summed E-state index contributed by atoms with van der Waals surface area (Å²) in [5, 5.41) is 1.10. The van der Waals surface area contributed by atoms with Gasteiger partial charge in [-0.1, -0.05) is 6.07 Å². The van der Waals surface area contributed by atoms with Gasteiger partial charge in [0.25, 0.3) is 0 Å². The Kier molecular flexibility index (Phi) is 1.70. The van der Waals surface area contributed by atoms with Gasteiger partial charge in [0.1, 0.15) is 5.82 Å². The van der Waals surface area contributed by atoms with Crippen LogP contribution < -0.4 is 5.73 Å². The average molecular weight is 199 g/mol. The minimum atomic E-state index is 0.0529. The van der Waals surface area contributed by atoms with Crippen LogP contribution in [0.3, 0.4) is 0 Å². The van der Waals surface area contributed by atoms with E-state index in [2.05, 4.69) is 11.1 Å². The normalized spacial score (nSPS) is 19.4. The highest BCUT2D eigenvalue weighted by Crippen LogP contribution is 2.37. The number of nitrogens with zero attached hydrogens (tertiary/aromatic N) is 1. The molecule has 3 rings (SSSR count). The number of ether oxygens (including phenoxy) is 1. The largest absolute Gasteiger partial charge is 0.383 e. The van der Waals surface area contributed by atoms with Crippen molar-refractivity contribution in [1.29, 1.82) is 0 Å². The number of aromatic nitrogens is 1. The number of hydrogen-bond acceptors (Lipinski definition) is 3. The highest BCUT2D eigenvalue weighted by molar-refractivity contribution is 5.85. The lowest BCUT2D eigenvalue weighted by atomic mass is 10.0. The van der Waals surface area contributed by atoms with Crippen LogP contribution in [0, 0.1) is 6.07 Å². The first-order valence-electron chi connectivity index (χ1n) is 4.97. The number of hydrogen-bond donors (Lipinski definition) is 1. The molecule has 75 valence electrons. The Bertz CT molecular complexity index is 536. The van der Waals surface area contributed by atoms with Crippen LogP contribution in [0.15, 0.2) is 18.2 Å². The van der Waals surface area contributed by atoms with Gasteiger partial charge in [-0.15, -0.1) is 0 Å². The summed E-state index contributed by atoms with van der Waals surface area (Å²) in [6.07, 6.45) is 0.0529. The fourth-order valence-corrected chi connectivity index (χ4v) is 2.15. The second-order valence-electron chi connectivity index (χ2n) is 3.79. The van der Waals surface area contributed by atoms with Gasteiger partial charge in [0.05, 0.1) is 18.2 Å². The molecule has 0 unspecified atom stereocenters. The van der Waals surface area contributed by atoms with Crippen molar-refractivity contribution in [3.63, 3.8) is 0 Å². The van der Waals surface area contributed by atoms with Gasteiger partial charge in [-0.25, -0.2) is 4.98 Å². The summed E-state index contributed by atoms with van der Waals surface area (Å²) in [5.74, 6) is 0.591. The van der Waals surface area contributed by atoms with E-state index >= 15 is 0 Å². The van der Waals surface area contributed by atoms with Gasteiger partial charge in [0.2, 0.25) is 0 Å². The molecule has 0 bridgehead atoms. The quantitative estimate of drug-likeness (QED) is 0.707. The fourth-order valence-electron chi connectivity index (χ4n) is 2.15. The lowest BCUT2D eigenvalue weighted by Crippen LogP contribution is -2.00. The highest BCUT2D eigenvalue weighted by atomic mass is 16.5. The summed E-state index contributed by atoms with van der Waals surface area (Å²) in [6, 6.07) is 8.78. The van der Waals surface area contributed by atoms with Crippen molar-refractivity contribution in [2.75, 3.05) is 5.73 Å². The number of nitrogens with two attached hydrogens (primary N) is 1. The van der Waals surface area contributed by atoms with Crippen LogP contribution in [0.5, 0.6) is 0 Å². The predicted octanol–water partition coefficient (Wildman–Crippen LogP) is 2.21. The Labute approximate surface area is 87.9 Å². The molecule has 1 aliphatic rings. The summed E-state index contributed by atoms with van der Waals surface area (Å²) in [7, 11) is 0. The molecule has 2 heterocycles. The zero-order valence-corrected chi connectivity index (χ0v) is 8.45.